The lowest BCUT2D eigenvalue weighted by molar-refractivity contribution is 0.0176. The lowest BCUT2D eigenvalue weighted by Gasteiger charge is -2.37. The summed E-state index contributed by atoms with van der Waals surface area (Å²) in [7, 11) is -2.49. The van der Waals surface area contributed by atoms with Crippen LogP contribution in [-0.2, 0) is 13.3 Å². The lowest BCUT2D eigenvalue weighted by atomic mass is 9.76. The van der Waals surface area contributed by atoms with Gasteiger partial charge in [0.15, 0.2) is 0 Å². The fourth-order valence-corrected chi connectivity index (χ4v) is 6.23. The molecular formula is C18H40O3Si. The second-order valence-corrected chi connectivity index (χ2v) is 9.07. The summed E-state index contributed by atoms with van der Waals surface area (Å²) in [6.07, 6.45) is 8.42. The molecule has 0 aliphatic rings. The highest BCUT2D eigenvalue weighted by atomic mass is 28.4. The predicted octanol–water partition coefficient (Wildman–Crippen LogP) is 5.81. The normalized spacial score (nSPS) is 12.8. The van der Waals surface area contributed by atoms with Gasteiger partial charge >= 0.3 is 8.80 Å². The molecule has 0 rings (SSSR count). The first-order chi connectivity index (χ1) is 10.6. The highest BCUT2D eigenvalue weighted by Gasteiger charge is 2.42. The molecule has 4 heteroatoms. The maximum absolute atomic E-state index is 6.47. The molecule has 0 amide bonds. The Labute approximate surface area is 140 Å². The Morgan fingerprint density at radius 3 is 1.41 bits per heavy atom. The van der Waals surface area contributed by atoms with Crippen molar-refractivity contribution in [3.05, 3.63) is 0 Å². The largest absolute Gasteiger partial charge is 0.500 e. The molecule has 0 heterocycles. The van der Waals surface area contributed by atoms with Crippen LogP contribution in [0.4, 0.5) is 0 Å². The summed E-state index contributed by atoms with van der Waals surface area (Å²) in [5.74, 6) is 0. The van der Waals surface area contributed by atoms with Gasteiger partial charge in [-0.25, -0.2) is 0 Å². The van der Waals surface area contributed by atoms with Gasteiger partial charge in [-0.2, -0.15) is 0 Å². The van der Waals surface area contributed by atoms with E-state index in [-0.39, 0.29) is 0 Å². The maximum Gasteiger partial charge on any atom is 0.500 e. The van der Waals surface area contributed by atoms with Crippen molar-refractivity contribution in [3.63, 3.8) is 0 Å². The molecule has 0 aromatic heterocycles. The van der Waals surface area contributed by atoms with E-state index in [1.54, 1.807) is 0 Å². The Bertz CT molecular complexity index is 199. The topological polar surface area (TPSA) is 27.7 Å². The van der Waals surface area contributed by atoms with Gasteiger partial charge in [0, 0.05) is 25.9 Å². The molecule has 134 valence electrons. The molecule has 0 bridgehead atoms. The van der Waals surface area contributed by atoms with Crippen LogP contribution in [0.2, 0.25) is 6.04 Å². The summed E-state index contributed by atoms with van der Waals surface area (Å²) in [5.41, 5.74) is 0.304. The van der Waals surface area contributed by atoms with Crippen molar-refractivity contribution in [1.82, 2.24) is 0 Å². The van der Waals surface area contributed by atoms with Gasteiger partial charge in [0.05, 0.1) is 0 Å². The van der Waals surface area contributed by atoms with Crippen molar-refractivity contribution in [2.75, 3.05) is 19.8 Å². The number of hydrogen-bond donors (Lipinski definition) is 0. The third kappa shape index (κ3) is 7.58. The van der Waals surface area contributed by atoms with E-state index >= 15 is 0 Å². The zero-order valence-electron chi connectivity index (χ0n) is 16.0. The Balaban J connectivity index is 5.04. The zero-order valence-corrected chi connectivity index (χ0v) is 17.0. The first-order valence-corrected chi connectivity index (χ1v) is 11.4. The van der Waals surface area contributed by atoms with Gasteiger partial charge in [-0.15, -0.1) is 0 Å². The number of hydrogen-bond acceptors (Lipinski definition) is 3. The van der Waals surface area contributed by atoms with Gasteiger partial charge in [-0.1, -0.05) is 53.4 Å². The summed E-state index contributed by atoms with van der Waals surface area (Å²) >= 11 is 0. The third-order valence-corrected chi connectivity index (χ3v) is 7.38. The number of rotatable bonds is 15. The van der Waals surface area contributed by atoms with Crippen molar-refractivity contribution in [2.24, 2.45) is 5.41 Å². The van der Waals surface area contributed by atoms with Crippen molar-refractivity contribution in [3.8, 4) is 0 Å². The highest BCUT2D eigenvalue weighted by molar-refractivity contribution is 6.60. The van der Waals surface area contributed by atoms with E-state index in [1.807, 2.05) is 13.8 Å². The Morgan fingerprint density at radius 1 is 0.636 bits per heavy atom. The fraction of sp³-hybridized carbons (Fsp3) is 1.00. The van der Waals surface area contributed by atoms with Crippen LogP contribution in [-0.4, -0.2) is 28.6 Å². The van der Waals surface area contributed by atoms with Gasteiger partial charge in [0.1, 0.15) is 0 Å². The van der Waals surface area contributed by atoms with Crippen molar-refractivity contribution >= 4 is 8.80 Å². The monoisotopic (exact) mass is 332 g/mol. The van der Waals surface area contributed by atoms with Gasteiger partial charge in [0.25, 0.3) is 0 Å². The van der Waals surface area contributed by atoms with E-state index in [0.29, 0.717) is 18.6 Å². The SMILES string of the molecule is CCCC(CCC)(CCC)CO[Si](CCC)(OCC)OCC. The smallest absolute Gasteiger partial charge is 0.374 e. The minimum Gasteiger partial charge on any atom is -0.374 e. The molecule has 3 nitrogen and oxygen atoms in total. The molecule has 0 unspecified atom stereocenters. The summed E-state index contributed by atoms with van der Waals surface area (Å²) in [6, 6.07) is 0.926. The quantitative estimate of drug-likeness (QED) is 0.354. The van der Waals surface area contributed by atoms with Crippen molar-refractivity contribution in [1.29, 1.82) is 0 Å². The molecule has 0 aliphatic heterocycles. The second-order valence-electron chi connectivity index (χ2n) is 6.34. The summed E-state index contributed by atoms with van der Waals surface area (Å²) in [5, 5.41) is 0. The van der Waals surface area contributed by atoms with Crippen LogP contribution in [0.5, 0.6) is 0 Å². The Kier molecular flexibility index (Phi) is 12.6. The van der Waals surface area contributed by atoms with Gasteiger partial charge in [0.2, 0.25) is 0 Å². The van der Waals surface area contributed by atoms with Crippen LogP contribution in [0.15, 0.2) is 0 Å². The first-order valence-electron chi connectivity index (χ1n) is 9.49. The van der Waals surface area contributed by atoms with Crippen molar-refractivity contribution < 1.29 is 13.3 Å². The fourth-order valence-electron chi connectivity index (χ4n) is 3.53. The summed E-state index contributed by atoms with van der Waals surface area (Å²) in [4.78, 5) is 0. The molecular weight excluding hydrogens is 292 g/mol. The van der Waals surface area contributed by atoms with E-state index < -0.39 is 8.80 Å². The van der Waals surface area contributed by atoms with E-state index in [0.717, 1.165) is 19.1 Å². The molecule has 0 aliphatic carbocycles. The van der Waals surface area contributed by atoms with E-state index in [1.165, 1.54) is 38.5 Å². The van der Waals surface area contributed by atoms with E-state index in [2.05, 4.69) is 27.7 Å². The van der Waals surface area contributed by atoms with Gasteiger partial charge in [-0.05, 0) is 38.5 Å². The zero-order chi connectivity index (χ0) is 16.9. The van der Waals surface area contributed by atoms with Crippen LogP contribution in [0, 0.1) is 5.41 Å². The summed E-state index contributed by atoms with van der Waals surface area (Å²) in [6.45, 7) is 15.2. The molecule has 0 aromatic carbocycles. The third-order valence-electron chi connectivity index (χ3n) is 4.22. The molecule has 0 fully saturated rings. The maximum atomic E-state index is 6.47. The van der Waals surface area contributed by atoms with Crippen LogP contribution < -0.4 is 0 Å². The molecule has 0 N–H and O–H groups in total. The van der Waals surface area contributed by atoms with Crippen LogP contribution in [0.1, 0.15) is 86.5 Å². The first kappa shape index (κ1) is 22.1. The minimum absolute atomic E-state index is 0.304. The Hall–Kier alpha value is 0.0969. The van der Waals surface area contributed by atoms with Crippen LogP contribution in [0.25, 0.3) is 0 Å². The average molecular weight is 333 g/mol. The predicted molar refractivity (Wildman–Crippen MR) is 97.2 cm³/mol. The molecule has 0 spiro atoms. The lowest BCUT2D eigenvalue weighted by Crippen LogP contribution is -2.48. The molecule has 22 heavy (non-hydrogen) atoms. The van der Waals surface area contributed by atoms with E-state index in [9.17, 15) is 0 Å². The Morgan fingerprint density at radius 2 is 1.09 bits per heavy atom. The molecule has 0 atom stereocenters. The van der Waals surface area contributed by atoms with Crippen LogP contribution >= 0.6 is 0 Å². The standard InChI is InChI=1S/C18H40O3Si/c1-7-13-18(14-8-2,15-9-3)17-21-22(16-10-4,19-11-5)20-12-6/h7-17H2,1-6H3. The molecule has 0 aromatic rings. The van der Waals surface area contributed by atoms with Gasteiger partial charge in [-0.3, -0.25) is 0 Å². The van der Waals surface area contributed by atoms with Crippen molar-refractivity contribution in [2.45, 2.75) is 92.5 Å². The average Bonchev–Trinajstić information content (AvgIpc) is 2.47. The summed E-state index contributed by atoms with van der Waals surface area (Å²) < 4.78 is 18.5. The minimum atomic E-state index is -2.49. The van der Waals surface area contributed by atoms with E-state index in [4.69, 9.17) is 13.3 Å². The molecule has 0 radical (unpaired) electrons. The van der Waals surface area contributed by atoms with Crippen LogP contribution in [0.3, 0.4) is 0 Å². The highest BCUT2D eigenvalue weighted by Crippen LogP contribution is 2.37. The van der Waals surface area contributed by atoms with Gasteiger partial charge < -0.3 is 13.3 Å². The second kappa shape index (κ2) is 12.5. The molecule has 0 saturated carbocycles. The molecule has 0 saturated heterocycles.